The van der Waals surface area contributed by atoms with Crippen LogP contribution in [0.5, 0.6) is 11.5 Å². The van der Waals surface area contributed by atoms with Crippen LogP contribution in [0.2, 0.25) is 0 Å². The SMILES string of the molecule is CC(=O)Oc1ccc(C=C2N=C(c3ccc(Br)cc3)OC2=O)cc1OC(C)=O. The number of benzene rings is 2. The highest BCUT2D eigenvalue weighted by Crippen LogP contribution is 2.30. The minimum atomic E-state index is -0.601. The van der Waals surface area contributed by atoms with Crippen molar-refractivity contribution in [1.29, 1.82) is 0 Å². The van der Waals surface area contributed by atoms with Gasteiger partial charge in [0.05, 0.1) is 0 Å². The molecule has 0 N–H and O–H groups in total. The Morgan fingerprint density at radius 1 is 1.00 bits per heavy atom. The van der Waals surface area contributed by atoms with Crippen LogP contribution in [0.4, 0.5) is 0 Å². The molecular formula is C20H14BrNO6. The van der Waals surface area contributed by atoms with Gasteiger partial charge >= 0.3 is 17.9 Å². The Morgan fingerprint density at radius 2 is 1.64 bits per heavy atom. The summed E-state index contributed by atoms with van der Waals surface area (Å²) in [7, 11) is 0. The number of halogens is 1. The third-order valence-corrected chi connectivity index (χ3v) is 4.02. The molecule has 0 saturated carbocycles. The lowest BCUT2D eigenvalue weighted by Crippen LogP contribution is -2.07. The van der Waals surface area contributed by atoms with Crippen LogP contribution in [0.1, 0.15) is 25.0 Å². The molecule has 0 saturated heterocycles. The van der Waals surface area contributed by atoms with E-state index in [1.165, 1.54) is 32.1 Å². The number of esters is 3. The number of cyclic esters (lactones) is 1. The Bertz CT molecular complexity index is 1020. The lowest BCUT2D eigenvalue weighted by atomic mass is 10.1. The lowest BCUT2D eigenvalue weighted by molar-refractivity contribution is -0.134. The summed E-state index contributed by atoms with van der Waals surface area (Å²) < 4.78 is 16.2. The number of ether oxygens (including phenoxy) is 3. The van der Waals surface area contributed by atoms with Gasteiger partial charge in [0.25, 0.3) is 0 Å². The molecule has 0 fully saturated rings. The normalized spacial score (nSPS) is 14.5. The molecule has 2 aromatic carbocycles. The largest absolute Gasteiger partial charge is 0.423 e. The van der Waals surface area contributed by atoms with E-state index < -0.39 is 17.9 Å². The van der Waals surface area contributed by atoms with Crippen LogP contribution in [-0.2, 0) is 19.1 Å². The third kappa shape index (κ3) is 4.72. The maximum absolute atomic E-state index is 12.1. The van der Waals surface area contributed by atoms with Gasteiger partial charge in [-0.1, -0.05) is 22.0 Å². The lowest BCUT2D eigenvalue weighted by Gasteiger charge is -2.09. The average molecular weight is 444 g/mol. The monoisotopic (exact) mass is 443 g/mol. The van der Waals surface area contributed by atoms with E-state index in [9.17, 15) is 14.4 Å². The number of hydrogen-bond acceptors (Lipinski definition) is 7. The zero-order valence-electron chi connectivity index (χ0n) is 14.9. The summed E-state index contributed by atoms with van der Waals surface area (Å²) in [5, 5.41) is 0. The van der Waals surface area contributed by atoms with Crippen LogP contribution >= 0.6 is 15.9 Å². The molecule has 0 amide bonds. The topological polar surface area (TPSA) is 91.3 Å². The molecule has 0 aliphatic carbocycles. The van der Waals surface area contributed by atoms with Gasteiger partial charge in [-0.3, -0.25) is 9.59 Å². The molecule has 7 nitrogen and oxygen atoms in total. The highest BCUT2D eigenvalue weighted by atomic mass is 79.9. The smallest absolute Gasteiger partial charge is 0.363 e. The maximum atomic E-state index is 12.1. The summed E-state index contributed by atoms with van der Waals surface area (Å²) >= 11 is 3.34. The van der Waals surface area contributed by atoms with Gasteiger partial charge < -0.3 is 14.2 Å². The van der Waals surface area contributed by atoms with Crippen LogP contribution in [0, 0.1) is 0 Å². The van der Waals surface area contributed by atoms with Crippen LogP contribution in [0.25, 0.3) is 6.08 Å². The summed E-state index contributed by atoms with van der Waals surface area (Å²) in [6, 6.07) is 11.7. The molecule has 0 bridgehead atoms. The van der Waals surface area contributed by atoms with E-state index in [-0.39, 0.29) is 23.1 Å². The Labute approximate surface area is 168 Å². The van der Waals surface area contributed by atoms with E-state index in [4.69, 9.17) is 14.2 Å². The summed E-state index contributed by atoms with van der Waals surface area (Å²) in [5.74, 6) is -1.38. The van der Waals surface area contributed by atoms with E-state index in [2.05, 4.69) is 20.9 Å². The number of hydrogen-bond donors (Lipinski definition) is 0. The van der Waals surface area contributed by atoms with Crippen molar-refractivity contribution in [3.05, 3.63) is 63.8 Å². The van der Waals surface area contributed by atoms with E-state index in [0.717, 1.165) is 4.47 Å². The molecule has 0 aromatic heterocycles. The predicted octanol–water partition coefficient (Wildman–Crippen LogP) is 3.64. The first-order valence-corrected chi connectivity index (χ1v) is 8.90. The van der Waals surface area contributed by atoms with Crippen molar-refractivity contribution in [3.63, 3.8) is 0 Å². The van der Waals surface area contributed by atoms with Gasteiger partial charge in [0.1, 0.15) is 0 Å². The van der Waals surface area contributed by atoms with E-state index in [1.54, 1.807) is 18.2 Å². The summed E-state index contributed by atoms with van der Waals surface area (Å²) in [5.41, 5.74) is 1.26. The summed E-state index contributed by atoms with van der Waals surface area (Å²) in [6.45, 7) is 2.46. The molecule has 1 heterocycles. The maximum Gasteiger partial charge on any atom is 0.363 e. The standard InChI is InChI=1S/C20H14BrNO6/c1-11(23)26-17-8-3-13(10-18(17)27-12(2)24)9-16-20(25)28-19(22-16)14-4-6-15(21)7-5-14/h3-10H,1-2H3. The first-order chi connectivity index (χ1) is 13.3. The van der Waals surface area contributed by atoms with Gasteiger partial charge in [-0.15, -0.1) is 0 Å². The van der Waals surface area contributed by atoms with Crippen molar-refractivity contribution in [1.82, 2.24) is 0 Å². The highest BCUT2D eigenvalue weighted by molar-refractivity contribution is 9.10. The van der Waals surface area contributed by atoms with E-state index in [0.29, 0.717) is 11.1 Å². The Balaban J connectivity index is 1.93. The molecular weight excluding hydrogens is 430 g/mol. The highest BCUT2D eigenvalue weighted by Gasteiger charge is 2.24. The fourth-order valence-electron chi connectivity index (χ4n) is 2.37. The molecule has 142 valence electrons. The first kappa shape index (κ1) is 19.5. The molecule has 8 heteroatoms. The first-order valence-electron chi connectivity index (χ1n) is 8.11. The summed E-state index contributed by atoms with van der Waals surface area (Å²) in [4.78, 5) is 38.9. The second-order valence-corrected chi connectivity index (χ2v) is 6.65. The Morgan fingerprint density at radius 3 is 2.29 bits per heavy atom. The number of rotatable bonds is 4. The number of carbonyl (C=O) groups is 3. The van der Waals surface area contributed by atoms with Crippen LogP contribution in [0.15, 0.2) is 57.6 Å². The van der Waals surface area contributed by atoms with Crippen LogP contribution < -0.4 is 9.47 Å². The molecule has 3 rings (SSSR count). The van der Waals surface area contributed by atoms with Crippen LogP contribution in [0.3, 0.4) is 0 Å². The fraction of sp³-hybridized carbons (Fsp3) is 0.100. The fourth-order valence-corrected chi connectivity index (χ4v) is 2.64. The second-order valence-electron chi connectivity index (χ2n) is 5.74. The molecule has 28 heavy (non-hydrogen) atoms. The number of aliphatic imine (C=N–C) groups is 1. The minimum Gasteiger partial charge on any atom is -0.423 e. The van der Waals surface area contributed by atoms with Crippen molar-refractivity contribution < 1.29 is 28.6 Å². The molecule has 0 radical (unpaired) electrons. The van der Waals surface area contributed by atoms with Gasteiger partial charge in [0.2, 0.25) is 5.90 Å². The molecule has 1 aliphatic rings. The molecule has 0 atom stereocenters. The van der Waals surface area contributed by atoms with Gasteiger partial charge in [0.15, 0.2) is 17.2 Å². The zero-order chi connectivity index (χ0) is 20.3. The minimum absolute atomic E-state index is 0.0560. The van der Waals surface area contributed by atoms with Crippen molar-refractivity contribution >= 4 is 45.8 Å². The van der Waals surface area contributed by atoms with Crippen molar-refractivity contribution in [2.75, 3.05) is 0 Å². The summed E-state index contributed by atoms with van der Waals surface area (Å²) in [6.07, 6.45) is 1.48. The average Bonchev–Trinajstić information content (AvgIpc) is 2.97. The Kier molecular flexibility index (Phi) is 5.70. The quantitative estimate of drug-likeness (QED) is 0.406. The molecule has 1 aliphatic heterocycles. The zero-order valence-corrected chi connectivity index (χ0v) is 16.5. The number of nitrogens with zero attached hydrogens (tertiary/aromatic N) is 1. The predicted molar refractivity (Wildman–Crippen MR) is 104 cm³/mol. The molecule has 0 unspecified atom stereocenters. The van der Waals surface area contributed by atoms with E-state index >= 15 is 0 Å². The molecule has 2 aromatic rings. The van der Waals surface area contributed by atoms with Crippen LogP contribution in [-0.4, -0.2) is 23.8 Å². The Hall–Kier alpha value is -3.26. The van der Waals surface area contributed by atoms with Crippen molar-refractivity contribution in [2.45, 2.75) is 13.8 Å². The second kappa shape index (κ2) is 8.18. The van der Waals surface area contributed by atoms with Crippen molar-refractivity contribution in [3.8, 4) is 11.5 Å². The van der Waals surface area contributed by atoms with Gasteiger partial charge in [-0.2, -0.15) is 0 Å². The molecule has 0 spiro atoms. The van der Waals surface area contributed by atoms with E-state index in [1.807, 2.05) is 12.1 Å². The number of carbonyl (C=O) groups excluding carboxylic acids is 3. The van der Waals surface area contributed by atoms with Gasteiger partial charge in [0, 0.05) is 23.9 Å². The van der Waals surface area contributed by atoms with Gasteiger partial charge in [-0.05, 0) is 48.0 Å². The van der Waals surface area contributed by atoms with Gasteiger partial charge in [-0.25, -0.2) is 9.79 Å². The van der Waals surface area contributed by atoms with Crippen molar-refractivity contribution in [2.24, 2.45) is 4.99 Å². The third-order valence-electron chi connectivity index (χ3n) is 3.49.